The van der Waals surface area contributed by atoms with Gasteiger partial charge in [0.2, 0.25) is 0 Å². The molecule has 1 fully saturated rings. The molecule has 5 nitrogen and oxygen atoms in total. The molecule has 0 radical (unpaired) electrons. The average Bonchev–Trinajstić information content (AvgIpc) is 2.41. The van der Waals surface area contributed by atoms with Crippen LogP contribution in [-0.2, 0) is 4.79 Å². The summed E-state index contributed by atoms with van der Waals surface area (Å²) in [6.07, 6.45) is 2.18. The number of methoxy groups -OCH3 is 1. The van der Waals surface area contributed by atoms with Crippen molar-refractivity contribution in [2.24, 2.45) is 5.73 Å². The standard InChI is InChI=1S/C15H21NO4/c1-10-5-6-12(13(8-10)19-2)20-11-4-3-7-15(16,9-11)14(17)18/h5-6,8,11H,3-4,7,9,16H2,1-2H3,(H,17,18). The Labute approximate surface area is 118 Å². The fourth-order valence-corrected chi connectivity index (χ4v) is 2.60. The third-order valence-electron chi connectivity index (χ3n) is 3.78. The van der Waals surface area contributed by atoms with E-state index in [2.05, 4.69) is 0 Å². The average molecular weight is 279 g/mol. The highest BCUT2D eigenvalue weighted by Gasteiger charge is 2.40. The maximum absolute atomic E-state index is 11.2. The minimum Gasteiger partial charge on any atom is -0.493 e. The normalized spacial score (nSPS) is 26.1. The van der Waals surface area contributed by atoms with Crippen molar-refractivity contribution in [2.45, 2.75) is 44.2 Å². The fraction of sp³-hybridized carbons (Fsp3) is 0.533. The Morgan fingerprint density at radius 1 is 1.45 bits per heavy atom. The van der Waals surface area contributed by atoms with E-state index in [0.717, 1.165) is 18.4 Å². The summed E-state index contributed by atoms with van der Waals surface area (Å²) < 4.78 is 11.2. The number of carbonyl (C=O) groups is 1. The van der Waals surface area contributed by atoms with Crippen LogP contribution in [0.3, 0.4) is 0 Å². The second-order valence-electron chi connectivity index (χ2n) is 5.45. The van der Waals surface area contributed by atoms with Crippen molar-refractivity contribution in [2.75, 3.05) is 7.11 Å². The van der Waals surface area contributed by atoms with E-state index in [0.29, 0.717) is 24.3 Å². The molecule has 2 atom stereocenters. The van der Waals surface area contributed by atoms with Crippen molar-refractivity contribution in [1.29, 1.82) is 0 Å². The van der Waals surface area contributed by atoms with Gasteiger partial charge in [-0.1, -0.05) is 6.07 Å². The van der Waals surface area contributed by atoms with Gasteiger partial charge in [-0.15, -0.1) is 0 Å². The largest absolute Gasteiger partial charge is 0.493 e. The molecule has 1 aliphatic rings. The first-order valence-corrected chi connectivity index (χ1v) is 6.78. The number of hydrogen-bond acceptors (Lipinski definition) is 4. The number of ether oxygens (including phenoxy) is 2. The first-order chi connectivity index (χ1) is 9.44. The summed E-state index contributed by atoms with van der Waals surface area (Å²) in [5.74, 6) is 0.341. The number of rotatable bonds is 4. The van der Waals surface area contributed by atoms with Crippen LogP contribution in [0.1, 0.15) is 31.2 Å². The molecule has 0 bridgehead atoms. The van der Waals surface area contributed by atoms with Crippen LogP contribution in [0.4, 0.5) is 0 Å². The third kappa shape index (κ3) is 3.04. The molecule has 0 aromatic heterocycles. The number of aliphatic carboxylic acids is 1. The highest BCUT2D eigenvalue weighted by Crippen LogP contribution is 2.34. The Balaban J connectivity index is 2.12. The Kier molecular flexibility index (Phi) is 4.18. The van der Waals surface area contributed by atoms with Gasteiger partial charge in [-0.05, 0) is 43.9 Å². The van der Waals surface area contributed by atoms with E-state index in [1.54, 1.807) is 7.11 Å². The van der Waals surface area contributed by atoms with Crippen LogP contribution in [0, 0.1) is 6.92 Å². The van der Waals surface area contributed by atoms with Gasteiger partial charge in [-0.25, -0.2) is 0 Å². The zero-order chi connectivity index (χ0) is 14.8. The maximum atomic E-state index is 11.2. The van der Waals surface area contributed by atoms with Crippen molar-refractivity contribution in [3.8, 4) is 11.5 Å². The van der Waals surface area contributed by atoms with Gasteiger partial charge in [0.25, 0.3) is 0 Å². The Bertz CT molecular complexity index is 503. The van der Waals surface area contributed by atoms with Crippen molar-refractivity contribution in [3.63, 3.8) is 0 Å². The highest BCUT2D eigenvalue weighted by molar-refractivity contribution is 5.78. The molecule has 0 aliphatic heterocycles. The highest BCUT2D eigenvalue weighted by atomic mass is 16.5. The quantitative estimate of drug-likeness (QED) is 0.882. The minimum absolute atomic E-state index is 0.193. The predicted molar refractivity (Wildman–Crippen MR) is 75.2 cm³/mol. The lowest BCUT2D eigenvalue weighted by Gasteiger charge is -2.34. The lowest BCUT2D eigenvalue weighted by Crippen LogP contribution is -2.53. The van der Waals surface area contributed by atoms with Crippen LogP contribution < -0.4 is 15.2 Å². The number of hydrogen-bond donors (Lipinski definition) is 2. The molecule has 2 rings (SSSR count). The summed E-state index contributed by atoms with van der Waals surface area (Å²) in [6.45, 7) is 1.97. The lowest BCUT2D eigenvalue weighted by atomic mass is 9.81. The summed E-state index contributed by atoms with van der Waals surface area (Å²) in [6, 6.07) is 5.68. The summed E-state index contributed by atoms with van der Waals surface area (Å²) in [7, 11) is 1.59. The van der Waals surface area contributed by atoms with Gasteiger partial charge in [0.15, 0.2) is 11.5 Å². The second-order valence-corrected chi connectivity index (χ2v) is 5.45. The fourth-order valence-electron chi connectivity index (χ4n) is 2.60. The Hall–Kier alpha value is -1.75. The molecule has 5 heteroatoms. The van der Waals surface area contributed by atoms with Crippen molar-refractivity contribution < 1.29 is 19.4 Å². The predicted octanol–water partition coefficient (Wildman–Crippen LogP) is 2.11. The summed E-state index contributed by atoms with van der Waals surface area (Å²) in [5, 5.41) is 9.21. The van der Waals surface area contributed by atoms with Gasteiger partial charge in [-0.3, -0.25) is 4.79 Å². The third-order valence-corrected chi connectivity index (χ3v) is 3.78. The number of aryl methyl sites for hydroxylation is 1. The number of carboxylic acid groups (broad SMARTS) is 1. The van der Waals surface area contributed by atoms with Gasteiger partial charge in [0, 0.05) is 6.42 Å². The first kappa shape index (κ1) is 14.7. The maximum Gasteiger partial charge on any atom is 0.323 e. The molecule has 1 saturated carbocycles. The summed E-state index contributed by atoms with van der Waals surface area (Å²) in [5.41, 5.74) is 5.83. The van der Waals surface area contributed by atoms with Crippen LogP contribution in [-0.4, -0.2) is 29.8 Å². The molecular weight excluding hydrogens is 258 g/mol. The van der Waals surface area contributed by atoms with Gasteiger partial charge in [0.1, 0.15) is 11.6 Å². The lowest BCUT2D eigenvalue weighted by molar-refractivity contribution is -0.145. The van der Waals surface area contributed by atoms with Gasteiger partial charge >= 0.3 is 5.97 Å². The van der Waals surface area contributed by atoms with Crippen molar-refractivity contribution >= 4 is 5.97 Å². The van der Waals surface area contributed by atoms with Crippen LogP contribution in [0.25, 0.3) is 0 Å². The van der Waals surface area contributed by atoms with Crippen LogP contribution in [0.5, 0.6) is 11.5 Å². The second kappa shape index (κ2) is 5.71. The van der Waals surface area contributed by atoms with Crippen molar-refractivity contribution in [1.82, 2.24) is 0 Å². The zero-order valence-corrected chi connectivity index (χ0v) is 11.9. The van der Waals surface area contributed by atoms with Gasteiger partial charge < -0.3 is 20.3 Å². The molecule has 3 N–H and O–H groups in total. The van der Waals surface area contributed by atoms with E-state index in [-0.39, 0.29) is 6.10 Å². The SMILES string of the molecule is COc1cc(C)ccc1OC1CCCC(N)(C(=O)O)C1. The van der Waals surface area contributed by atoms with E-state index in [4.69, 9.17) is 15.2 Å². The van der Waals surface area contributed by atoms with E-state index in [1.807, 2.05) is 25.1 Å². The van der Waals surface area contributed by atoms with E-state index in [1.165, 1.54) is 0 Å². The smallest absolute Gasteiger partial charge is 0.323 e. The molecule has 2 unspecified atom stereocenters. The molecule has 1 aromatic rings. The van der Waals surface area contributed by atoms with Crippen LogP contribution in [0.2, 0.25) is 0 Å². The van der Waals surface area contributed by atoms with E-state index in [9.17, 15) is 9.90 Å². The molecule has 0 heterocycles. The van der Waals surface area contributed by atoms with Gasteiger partial charge in [-0.2, -0.15) is 0 Å². The molecule has 20 heavy (non-hydrogen) atoms. The topological polar surface area (TPSA) is 81.8 Å². The van der Waals surface area contributed by atoms with E-state index >= 15 is 0 Å². The minimum atomic E-state index is -1.18. The van der Waals surface area contributed by atoms with Crippen LogP contribution in [0.15, 0.2) is 18.2 Å². The number of carboxylic acids is 1. The molecule has 0 saturated heterocycles. The van der Waals surface area contributed by atoms with E-state index < -0.39 is 11.5 Å². The first-order valence-electron chi connectivity index (χ1n) is 6.78. The molecule has 0 spiro atoms. The molecule has 0 amide bonds. The monoisotopic (exact) mass is 279 g/mol. The van der Waals surface area contributed by atoms with Crippen LogP contribution >= 0.6 is 0 Å². The Morgan fingerprint density at radius 3 is 2.85 bits per heavy atom. The summed E-state index contributed by atoms with van der Waals surface area (Å²) >= 11 is 0. The summed E-state index contributed by atoms with van der Waals surface area (Å²) in [4.78, 5) is 11.2. The van der Waals surface area contributed by atoms with Gasteiger partial charge in [0.05, 0.1) is 7.11 Å². The molecule has 1 aliphatic carbocycles. The number of nitrogens with two attached hydrogens (primary N) is 1. The number of benzene rings is 1. The Morgan fingerprint density at radius 2 is 2.20 bits per heavy atom. The molecule has 110 valence electrons. The van der Waals surface area contributed by atoms with Crippen molar-refractivity contribution in [3.05, 3.63) is 23.8 Å². The molecule has 1 aromatic carbocycles. The molecular formula is C15H21NO4. The zero-order valence-electron chi connectivity index (χ0n) is 11.9.